The van der Waals surface area contributed by atoms with Crippen LogP contribution in [0.3, 0.4) is 0 Å². The molecule has 0 bridgehead atoms. The van der Waals surface area contributed by atoms with Crippen molar-refractivity contribution < 1.29 is 23.8 Å². The first-order valence-electron chi connectivity index (χ1n) is 8.52. The van der Waals surface area contributed by atoms with Gasteiger partial charge in [0.1, 0.15) is 17.4 Å². The SMILES string of the molecule is COc1ncccc1C(=O)N[C@@H]1COCC[C@H]1Oc1ccc(C(N)=O)cc1. The maximum atomic E-state index is 12.6. The predicted octanol–water partition coefficient (Wildman–Crippen LogP) is 1.16. The molecule has 0 radical (unpaired) electrons. The Morgan fingerprint density at radius 2 is 2.04 bits per heavy atom. The zero-order valence-corrected chi connectivity index (χ0v) is 14.9. The van der Waals surface area contributed by atoms with Crippen molar-refractivity contribution in [1.29, 1.82) is 0 Å². The first-order valence-corrected chi connectivity index (χ1v) is 8.52. The molecule has 0 aliphatic carbocycles. The number of rotatable bonds is 6. The lowest BCUT2D eigenvalue weighted by Crippen LogP contribution is -2.51. The highest BCUT2D eigenvalue weighted by Crippen LogP contribution is 2.20. The Kier molecular flexibility index (Phi) is 5.87. The molecule has 1 fully saturated rings. The molecule has 3 N–H and O–H groups in total. The summed E-state index contributed by atoms with van der Waals surface area (Å²) in [6.45, 7) is 0.866. The number of methoxy groups -OCH3 is 1. The van der Waals surface area contributed by atoms with E-state index in [0.29, 0.717) is 36.5 Å². The second kappa shape index (κ2) is 8.50. The van der Waals surface area contributed by atoms with E-state index in [-0.39, 0.29) is 23.9 Å². The fourth-order valence-electron chi connectivity index (χ4n) is 2.84. The van der Waals surface area contributed by atoms with E-state index in [1.54, 1.807) is 42.6 Å². The number of carbonyl (C=O) groups excluding carboxylic acids is 2. The summed E-state index contributed by atoms with van der Waals surface area (Å²) in [5, 5.41) is 2.93. The first-order chi connectivity index (χ1) is 13.1. The molecule has 142 valence electrons. The lowest BCUT2D eigenvalue weighted by Gasteiger charge is -2.32. The van der Waals surface area contributed by atoms with Crippen molar-refractivity contribution in [3.8, 4) is 11.6 Å². The summed E-state index contributed by atoms with van der Waals surface area (Å²) in [6, 6.07) is 9.53. The smallest absolute Gasteiger partial charge is 0.257 e. The predicted molar refractivity (Wildman–Crippen MR) is 96.9 cm³/mol. The van der Waals surface area contributed by atoms with Gasteiger partial charge < -0.3 is 25.3 Å². The summed E-state index contributed by atoms with van der Waals surface area (Å²) in [5.41, 5.74) is 5.99. The number of hydrogen-bond acceptors (Lipinski definition) is 6. The van der Waals surface area contributed by atoms with E-state index in [4.69, 9.17) is 19.9 Å². The lowest BCUT2D eigenvalue weighted by atomic mass is 10.1. The Labute approximate surface area is 156 Å². The van der Waals surface area contributed by atoms with E-state index < -0.39 is 5.91 Å². The Morgan fingerprint density at radius 3 is 2.74 bits per heavy atom. The third-order valence-corrected chi connectivity index (χ3v) is 4.24. The van der Waals surface area contributed by atoms with Crippen LogP contribution in [0.4, 0.5) is 0 Å². The van der Waals surface area contributed by atoms with Crippen LogP contribution in [0.5, 0.6) is 11.6 Å². The molecule has 1 saturated heterocycles. The molecule has 1 aromatic heterocycles. The van der Waals surface area contributed by atoms with Crippen LogP contribution in [0.15, 0.2) is 42.6 Å². The molecule has 1 aliphatic heterocycles. The summed E-state index contributed by atoms with van der Waals surface area (Å²) in [4.78, 5) is 27.8. The summed E-state index contributed by atoms with van der Waals surface area (Å²) < 4.78 is 16.6. The van der Waals surface area contributed by atoms with Gasteiger partial charge in [-0.3, -0.25) is 9.59 Å². The molecule has 3 rings (SSSR count). The van der Waals surface area contributed by atoms with Gasteiger partial charge in [-0.15, -0.1) is 0 Å². The summed E-state index contributed by atoms with van der Waals surface area (Å²) in [5.74, 6) is 0.0349. The normalized spacial score (nSPS) is 19.1. The van der Waals surface area contributed by atoms with Crippen LogP contribution in [-0.2, 0) is 4.74 Å². The summed E-state index contributed by atoms with van der Waals surface area (Å²) >= 11 is 0. The van der Waals surface area contributed by atoms with Gasteiger partial charge in [0.25, 0.3) is 5.91 Å². The van der Waals surface area contributed by atoms with Gasteiger partial charge in [-0.1, -0.05) is 0 Å². The molecular formula is C19H21N3O5. The van der Waals surface area contributed by atoms with Crippen LogP contribution in [0, 0.1) is 0 Å². The molecule has 0 spiro atoms. The van der Waals surface area contributed by atoms with Crippen molar-refractivity contribution in [3.63, 3.8) is 0 Å². The second-order valence-electron chi connectivity index (χ2n) is 6.05. The van der Waals surface area contributed by atoms with Gasteiger partial charge in [-0.05, 0) is 36.4 Å². The quantitative estimate of drug-likeness (QED) is 0.788. The van der Waals surface area contributed by atoms with E-state index >= 15 is 0 Å². The van der Waals surface area contributed by atoms with Gasteiger partial charge in [0.05, 0.1) is 26.4 Å². The van der Waals surface area contributed by atoms with Crippen molar-refractivity contribution in [2.24, 2.45) is 5.73 Å². The minimum Gasteiger partial charge on any atom is -0.488 e. The zero-order valence-electron chi connectivity index (χ0n) is 14.9. The molecule has 8 heteroatoms. The molecule has 0 saturated carbocycles. The first kappa shape index (κ1) is 18.7. The van der Waals surface area contributed by atoms with Crippen molar-refractivity contribution in [2.75, 3.05) is 20.3 Å². The maximum Gasteiger partial charge on any atom is 0.257 e. The Hall–Kier alpha value is -3.13. The van der Waals surface area contributed by atoms with E-state index in [9.17, 15) is 9.59 Å². The molecule has 2 aromatic rings. The number of nitrogens with two attached hydrogens (primary N) is 1. The molecule has 2 atom stereocenters. The number of nitrogens with zero attached hydrogens (tertiary/aromatic N) is 1. The van der Waals surface area contributed by atoms with Gasteiger partial charge in [0.2, 0.25) is 11.8 Å². The van der Waals surface area contributed by atoms with Crippen LogP contribution in [-0.4, -0.2) is 49.3 Å². The van der Waals surface area contributed by atoms with Crippen LogP contribution in [0.25, 0.3) is 0 Å². The highest BCUT2D eigenvalue weighted by Gasteiger charge is 2.30. The average Bonchev–Trinajstić information content (AvgIpc) is 2.69. The third-order valence-electron chi connectivity index (χ3n) is 4.24. The lowest BCUT2D eigenvalue weighted by molar-refractivity contribution is -0.00292. The highest BCUT2D eigenvalue weighted by atomic mass is 16.5. The third kappa shape index (κ3) is 4.53. The Balaban J connectivity index is 1.69. The van der Waals surface area contributed by atoms with Crippen LogP contribution in [0.2, 0.25) is 0 Å². The molecule has 1 aromatic carbocycles. The Morgan fingerprint density at radius 1 is 1.26 bits per heavy atom. The number of benzene rings is 1. The standard InChI is InChI=1S/C19H21N3O5/c1-25-19-14(3-2-9-21-19)18(24)22-15-11-26-10-8-16(15)27-13-6-4-12(5-7-13)17(20)23/h2-7,9,15-16H,8,10-11H2,1H3,(H2,20,23)(H,22,24)/t15-,16-/m1/s1. The number of aromatic nitrogens is 1. The number of nitrogens with one attached hydrogen (secondary N) is 1. The van der Waals surface area contributed by atoms with Crippen molar-refractivity contribution in [1.82, 2.24) is 10.3 Å². The van der Waals surface area contributed by atoms with Crippen LogP contribution in [0.1, 0.15) is 27.1 Å². The highest BCUT2D eigenvalue weighted by molar-refractivity contribution is 5.96. The maximum absolute atomic E-state index is 12.6. The summed E-state index contributed by atoms with van der Waals surface area (Å²) in [6.07, 6.45) is 1.90. The number of primary amides is 1. The van der Waals surface area contributed by atoms with Crippen molar-refractivity contribution in [2.45, 2.75) is 18.6 Å². The molecule has 0 unspecified atom stereocenters. The number of ether oxygens (including phenoxy) is 3. The largest absolute Gasteiger partial charge is 0.488 e. The Bertz CT molecular complexity index is 809. The topological polar surface area (TPSA) is 113 Å². The molecule has 2 amide bonds. The molecular weight excluding hydrogens is 350 g/mol. The summed E-state index contributed by atoms with van der Waals surface area (Å²) in [7, 11) is 1.46. The van der Waals surface area contributed by atoms with Gasteiger partial charge >= 0.3 is 0 Å². The second-order valence-corrected chi connectivity index (χ2v) is 6.05. The average molecular weight is 371 g/mol. The number of pyridine rings is 1. The fraction of sp³-hybridized carbons (Fsp3) is 0.316. The van der Waals surface area contributed by atoms with Gasteiger partial charge in [-0.2, -0.15) is 0 Å². The van der Waals surface area contributed by atoms with Crippen LogP contribution >= 0.6 is 0 Å². The van der Waals surface area contributed by atoms with E-state index in [1.807, 2.05) is 0 Å². The van der Waals surface area contributed by atoms with Gasteiger partial charge in [-0.25, -0.2) is 4.98 Å². The molecule has 1 aliphatic rings. The molecule has 2 heterocycles. The van der Waals surface area contributed by atoms with Gasteiger partial charge in [0.15, 0.2) is 0 Å². The minimum atomic E-state index is -0.497. The number of carbonyl (C=O) groups is 2. The zero-order chi connectivity index (χ0) is 19.2. The number of amides is 2. The molecule has 8 nitrogen and oxygen atoms in total. The van der Waals surface area contributed by atoms with Crippen molar-refractivity contribution in [3.05, 3.63) is 53.7 Å². The minimum absolute atomic E-state index is 0.256. The van der Waals surface area contributed by atoms with Gasteiger partial charge in [0, 0.05) is 18.2 Å². The van der Waals surface area contributed by atoms with Crippen molar-refractivity contribution >= 4 is 11.8 Å². The van der Waals surface area contributed by atoms with E-state index in [0.717, 1.165) is 0 Å². The van der Waals surface area contributed by atoms with E-state index in [2.05, 4.69) is 10.3 Å². The van der Waals surface area contributed by atoms with Crippen LogP contribution < -0.4 is 20.5 Å². The van der Waals surface area contributed by atoms with E-state index in [1.165, 1.54) is 7.11 Å². The molecule has 27 heavy (non-hydrogen) atoms. The fourth-order valence-corrected chi connectivity index (χ4v) is 2.84. The number of hydrogen-bond donors (Lipinski definition) is 2. The monoisotopic (exact) mass is 371 g/mol.